The second-order valence-corrected chi connectivity index (χ2v) is 4.09. The molecule has 1 N–H and O–H groups in total. The van der Waals surface area contributed by atoms with Crippen molar-refractivity contribution in [1.29, 1.82) is 0 Å². The summed E-state index contributed by atoms with van der Waals surface area (Å²) in [6, 6.07) is 10.0. The molecule has 0 spiro atoms. The average molecular weight is 217 g/mol. The zero-order valence-electron chi connectivity index (χ0n) is 9.26. The number of amides is 1. The van der Waals surface area contributed by atoms with Crippen LogP contribution >= 0.6 is 0 Å². The molecule has 1 aromatic carbocycles. The van der Waals surface area contributed by atoms with Crippen LogP contribution in [0.2, 0.25) is 0 Å². The second-order valence-electron chi connectivity index (χ2n) is 4.09. The van der Waals surface area contributed by atoms with Crippen LogP contribution in [0, 0.1) is 0 Å². The molecule has 84 valence electrons. The Morgan fingerprint density at radius 3 is 2.69 bits per heavy atom. The van der Waals surface area contributed by atoms with Crippen molar-refractivity contribution in [3.8, 4) is 0 Å². The summed E-state index contributed by atoms with van der Waals surface area (Å²) in [7, 11) is 0. The summed E-state index contributed by atoms with van der Waals surface area (Å²) in [5.41, 5.74) is 2.21. The van der Waals surface area contributed by atoms with Crippen LogP contribution in [0.25, 0.3) is 5.57 Å². The lowest BCUT2D eigenvalue weighted by atomic mass is 9.98. The molecule has 16 heavy (non-hydrogen) atoms. The Bertz CT molecular complexity index is 411. The van der Waals surface area contributed by atoms with Crippen LogP contribution in [-0.4, -0.2) is 28.7 Å². The van der Waals surface area contributed by atoms with Gasteiger partial charge in [0, 0.05) is 12.6 Å². The Labute approximate surface area is 95.0 Å². The molecule has 2 rings (SSSR count). The molecule has 1 heterocycles. The molecule has 0 saturated heterocycles. The zero-order valence-corrected chi connectivity index (χ0v) is 9.26. The zero-order chi connectivity index (χ0) is 11.5. The predicted molar refractivity (Wildman–Crippen MR) is 63.2 cm³/mol. The molecule has 0 aliphatic carbocycles. The fourth-order valence-electron chi connectivity index (χ4n) is 1.96. The van der Waals surface area contributed by atoms with Crippen molar-refractivity contribution in [2.45, 2.75) is 19.4 Å². The normalized spacial score (nSPS) is 20.4. The van der Waals surface area contributed by atoms with E-state index in [2.05, 4.69) is 6.08 Å². The molecule has 1 aliphatic heterocycles. The lowest BCUT2D eigenvalue weighted by Gasteiger charge is -2.31. The van der Waals surface area contributed by atoms with Crippen LogP contribution in [0.1, 0.15) is 18.9 Å². The molecule has 3 heteroatoms. The van der Waals surface area contributed by atoms with E-state index in [0.717, 1.165) is 17.6 Å². The van der Waals surface area contributed by atoms with Gasteiger partial charge >= 0.3 is 6.09 Å². The molecule has 0 fully saturated rings. The van der Waals surface area contributed by atoms with E-state index in [-0.39, 0.29) is 6.04 Å². The molecular weight excluding hydrogens is 202 g/mol. The summed E-state index contributed by atoms with van der Waals surface area (Å²) < 4.78 is 0. The summed E-state index contributed by atoms with van der Waals surface area (Å²) in [6.07, 6.45) is 2.09. The predicted octanol–water partition coefficient (Wildman–Crippen LogP) is 2.84. The molecule has 1 aliphatic rings. The van der Waals surface area contributed by atoms with Crippen molar-refractivity contribution in [1.82, 2.24) is 4.90 Å². The van der Waals surface area contributed by atoms with Crippen molar-refractivity contribution in [3.05, 3.63) is 42.0 Å². The van der Waals surface area contributed by atoms with Crippen molar-refractivity contribution in [2.24, 2.45) is 0 Å². The Morgan fingerprint density at radius 1 is 1.38 bits per heavy atom. The fraction of sp³-hybridized carbons (Fsp3) is 0.308. The van der Waals surface area contributed by atoms with E-state index in [0.29, 0.717) is 6.54 Å². The van der Waals surface area contributed by atoms with Crippen molar-refractivity contribution >= 4 is 11.7 Å². The number of benzene rings is 1. The molecule has 0 radical (unpaired) electrons. The second kappa shape index (κ2) is 4.39. The first-order valence-corrected chi connectivity index (χ1v) is 5.42. The number of carbonyl (C=O) groups is 1. The molecule has 0 saturated carbocycles. The van der Waals surface area contributed by atoms with Gasteiger partial charge in [-0.1, -0.05) is 36.4 Å². The van der Waals surface area contributed by atoms with Crippen LogP contribution < -0.4 is 0 Å². The van der Waals surface area contributed by atoms with Crippen molar-refractivity contribution in [3.63, 3.8) is 0 Å². The molecule has 0 aromatic heterocycles. The van der Waals surface area contributed by atoms with Gasteiger partial charge < -0.3 is 10.0 Å². The number of rotatable bonds is 1. The van der Waals surface area contributed by atoms with E-state index in [1.54, 1.807) is 0 Å². The minimum Gasteiger partial charge on any atom is -0.465 e. The summed E-state index contributed by atoms with van der Waals surface area (Å²) in [5.74, 6) is 0. The highest BCUT2D eigenvalue weighted by Gasteiger charge is 2.23. The number of hydrogen-bond donors (Lipinski definition) is 1. The Morgan fingerprint density at radius 2 is 2.06 bits per heavy atom. The lowest BCUT2D eigenvalue weighted by molar-refractivity contribution is 0.134. The van der Waals surface area contributed by atoms with Gasteiger partial charge in [-0.3, -0.25) is 0 Å². The Balaban J connectivity index is 2.22. The van der Waals surface area contributed by atoms with E-state index in [1.807, 2.05) is 37.3 Å². The summed E-state index contributed by atoms with van der Waals surface area (Å²) in [6.45, 7) is 2.42. The molecule has 1 atom stereocenters. The van der Waals surface area contributed by atoms with Gasteiger partial charge in [-0.15, -0.1) is 0 Å². The maximum absolute atomic E-state index is 11.0. The number of nitrogens with zero attached hydrogens (tertiary/aromatic N) is 1. The number of hydrogen-bond acceptors (Lipinski definition) is 1. The smallest absolute Gasteiger partial charge is 0.407 e. The minimum absolute atomic E-state index is 0.0740. The maximum Gasteiger partial charge on any atom is 0.407 e. The van der Waals surface area contributed by atoms with Gasteiger partial charge in [0.15, 0.2) is 0 Å². The van der Waals surface area contributed by atoms with Crippen LogP contribution in [-0.2, 0) is 0 Å². The summed E-state index contributed by atoms with van der Waals surface area (Å²) in [5, 5.41) is 9.07. The van der Waals surface area contributed by atoms with E-state index in [1.165, 1.54) is 4.90 Å². The van der Waals surface area contributed by atoms with Gasteiger partial charge in [0.2, 0.25) is 0 Å². The third kappa shape index (κ3) is 2.08. The molecule has 0 bridgehead atoms. The highest BCUT2D eigenvalue weighted by molar-refractivity contribution is 5.74. The topological polar surface area (TPSA) is 40.5 Å². The van der Waals surface area contributed by atoms with Crippen molar-refractivity contribution < 1.29 is 9.90 Å². The van der Waals surface area contributed by atoms with Gasteiger partial charge in [-0.05, 0) is 24.5 Å². The lowest BCUT2D eigenvalue weighted by Crippen LogP contribution is -2.40. The van der Waals surface area contributed by atoms with Gasteiger partial charge in [-0.25, -0.2) is 4.79 Å². The molecule has 3 nitrogen and oxygen atoms in total. The van der Waals surface area contributed by atoms with Gasteiger partial charge in [0.1, 0.15) is 0 Å². The fourth-order valence-corrected chi connectivity index (χ4v) is 1.96. The molecule has 1 unspecified atom stereocenters. The maximum atomic E-state index is 11.0. The first kappa shape index (κ1) is 10.7. The van der Waals surface area contributed by atoms with E-state index >= 15 is 0 Å². The highest BCUT2D eigenvalue weighted by Crippen LogP contribution is 2.23. The Hall–Kier alpha value is -1.77. The monoisotopic (exact) mass is 217 g/mol. The standard InChI is InChI=1S/C13H15NO2/c1-10-7-8-12(9-14(10)13(15)16)11-5-3-2-4-6-11/h2-6,8,10H,7,9H2,1H3,(H,15,16). The van der Waals surface area contributed by atoms with Gasteiger partial charge in [0.05, 0.1) is 0 Å². The molecule has 1 amide bonds. The van der Waals surface area contributed by atoms with Gasteiger partial charge in [-0.2, -0.15) is 0 Å². The van der Waals surface area contributed by atoms with E-state index in [4.69, 9.17) is 5.11 Å². The first-order valence-electron chi connectivity index (χ1n) is 5.42. The SMILES string of the molecule is CC1CC=C(c2ccccc2)CN1C(=O)O. The average Bonchev–Trinajstić information content (AvgIpc) is 2.30. The highest BCUT2D eigenvalue weighted by atomic mass is 16.4. The largest absolute Gasteiger partial charge is 0.465 e. The van der Waals surface area contributed by atoms with Crippen LogP contribution in [0.4, 0.5) is 4.79 Å². The van der Waals surface area contributed by atoms with Crippen LogP contribution in [0.3, 0.4) is 0 Å². The summed E-state index contributed by atoms with van der Waals surface area (Å²) >= 11 is 0. The van der Waals surface area contributed by atoms with Crippen molar-refractivity contribution in [2.75, 3.05) is 6.54 Å². The van der Waals surface area contributed by atoms with E-state index in [9.17, 15) is 4.79 Å². The van der Waals surface area contributed by atoms with E-state index < -0.39 is 6.09 Å². The minimum atomic E-state index is -0.839. The Kier molecular flexibility index (Phi) is 2.95. The molecular formula is C13H15NO2. The number of carboxylic acid groups (broad SMARTS) is 1. The van der Waals surface area contributed by atoms with Gasteiger partial charge in [0.25, 0.3) is 0 Å². The van der Waals surface area contributed by atoms with Crippen LogP contribution in [0.5, 0.6) is 0 Å². The summed E-state index contributed by atoms with van der Waals surface area (Å²) in [4.78, 5) is 12.5. The third-order valence-electron chi connectivity index (χ3n) is 2.97. The molecule has 1 aromatic rings. The first-order chi connectivity index (χ1) is 7.68. The third-order valence-corrected chi connectivity index (χ3v) is 2.97. The van der Waals surface area contributed by atoms with Crippen LogP contribution in [0.15, 0.2) is 36.4 Å². The quantitative estimate of drug-likeness (QED) is 0.785.